The van der Waals surface area contributed by atoms with E-state index in [4.69, 9.17) is 14.7 Å². The van der Waals surface area contributed by atoms with Crippen LogP contribution >= 0.6 is 0 Å². The molecule has 0 atom stereocenters. The predicted octanol–water partition coefficient (Wildman–Crippen LogP) is 4.73. The number of nitriles is 1. The van der Waals surface area contributed by atoms with Crippen molar-refractivity contribution in [1.82, 2.24) is 0 Å². The van der Waals surface area contributed by atoms with Gasteiger partial charge < -0.3 is 14.8 Å². The molecule has 8 heteroatoms. The van der Waals surface area contributed by atoms with Crippen LogP contribution in [0.1, 0.15) is 26.3 Å². The molecule has 2 amide bonds. The molecule has 7 nitrogen and oxygen atoms in total. The van der Waals surface area contributed by atoms with Crippen LogP contribution in [0.15, 0.2) is 48.5 Å². The van der Waals surface area contributed by atoms with Crippen molar-refractivity contribution < 1.29 is 23.5 Å². The smallest absolute Gasteiger partial charge is 0.412 e. The van der Waals surface area contributed by atoms with Crippen LogP contribution in [-0.2, 0) is 9.53 Å². The Morgan fingerprint density at radius 1 is 1.10 bits per heavy atom. The lowest BCUT2D eigenvalue weighted by atomic mass is 10.2. The van der Waals surface area contributed by atoms with Gasteiger partial charge in [-0.2, -0.15) is 5.26 Å². The summed E-state index contributed by atoms with van der Waals surface area (Å²) >= 11 is 0. The zero-order valence-electron chi connectivity index (χ0n) is 16.9. The van der Waals surface area contributed by atoms with Crippen molar-refractivity contribution in [3.05, 3.63) is 59.9 Å². The lowest BCUT2D eigenvalue weighted by molar-refractivity contribution is -0.111. The zero-order valence-corrected chi connectivity index (χ0v) is 16.9. The van der Waals surface area contributed by atoms with Crippen molar-refractivity contribution in [3.8, 4) is 11.8 Å². The van der Waals surface area contributed by atoms with Crippen LogP contribution in [-0.4, -0.2) is 24.2 Å². The van der Waals surface area contributed by atoms with E-state index in [1.807, 2.05) is 6.07 Å². The van der Waals surface area contributed by atoms with Gasteiger partial charge in [0, 0.05) is 6.08 Å². The molecule has 0 saturated heterocycles. The average Bonchev–Trinajstić information content (AvgIpc) is 2.66. The van der Waals surface area contributed by atoms with Gasteiger partial charge in [0.2, 0.25) is 5.91 Å². The number of ether oxygens (including phenoxy) is 2. The first-order valence-corrected chi connectivity index (χ1v) is 9.05. The van der Waals surface area contributed by atoms with Crippen LogP contribution in [0.3, 0.4) is 0 Å². The van der Waals surface area contributed by atoms with Gasteiger partial charge in [-0.25, -0.2) is 9.18 Å². The Morgan fingerprint density at radius 3 is 2.43 bits per heavy atom. The minimum absolute atomic E-state index is 0.0507. The van der Waals surface area contributed by atoms with Crippen molar-refractivity contribution in [1.29, 1.82) is 5.26 Å². The quantitative estimate of drug-likeness (QED) is 0.670. The Balaban J connectivity index is 2.05. The van der Waals surface area contributed by atoms with Gasteiger partial charge in [0.15, 0.2) is 6.61 Å². The van der Waals surface area contributed by atoms with Crippen molar-refractivity contribution >= 4 is 29.5 Å². The third kappa shape index (κ3) is 7.64. The van der Waals surface area contributed by atoms with Crippen LogP contribution in [0.5, 0.6) is 5.75 Å². The molecule has 0 aliphatic carbocycles. The molecule has 2 rings (SSSR count). The summed E-state index contributed by atoms with van der Waals surface area (Å²) in [5.41, 5.74) is 0.314. The maximum Gasteiger partial charge on any atom is 0.412 e. The molecule has 0 heterocycles. The van der Waals surface area contributed by atoms with E-state index in [1.165, 1.54) is 12.1 Å². The van der Waals surface area contributed by atoms with Crippen molar-refractivity contribution in [2.45, 2.75) is 26.4 Å². The second-order valence-corrected chi connectivity index (χ2v) is 7.16. The topological polar surface area (TPSA) is 100 Å². The lowest BCUT2D eigenvalue weighted by Crippen LogP contribution is -2.27. The Labute approximate surface area is 174 Å². The van der Waals surface area contributed by atoms with Crippen LogP contribution < -0.4 is 15.4 Å². The van der Waals surface area contributed by atoms with Crippen LogP contribution in [0.2, 0.25) is 0 Å². The number of nitrogens with one attached hydrogen (secondary N) is 2. The minimum atomic E-state index is -0.723. The van der Waals surface area contributed by atoms with E-state index in [0.29, 0.717) is 5.75 Å². The Morgan fingerprint density at radius 2 is 1.80 bits per heavy atom. The molecule has 0 radical (unpaired) electrons. The van der Waals surface area contributed by atoms with Gasteiger partial charge in [0.05, 0.1) is 11.4 Å². The molecule has 0 unspecified atom stereocenters. The number of carbonyl (C=O) groups excluding carboxylic acids is 2. The number of rotatable bonds is 6. The molecule has 30 heavy (non-hydrogen) atoms. The largest absolute Gasteiger partial charge is 0.479 e. The summed E-state index contributed by atoms with van der Waals surface area (Å²) in [6.45, 7) is 5.09. The van der Waals surface area contributed by atoms with Gasteiger partial charge in [0.1, 0.15) is 23.2 Å². The third-order valence-electron chi connectivity index (χ3n) is 3.49. The number of halogens is 1. The van der Waals surface area contributed by atoms with Gasteiger partial charge in [-0.15, -0.1) is 0 Å². The SMILES string of the molecule is CC(C)(C)OC(=O)Nc1ccc(F)cc1NC(=O)/C=C/c1ccc(OCC#N)cc1. The number of benzene rings is 2. The van der Waals surface area contributed by atoms with E-state index in [1.54, 1.807) is 51.1 Å². The standard InChI is InChI=1S/C22H22FN3O4/c1-22(2,3)30-21(28)26-18-10-7-16(23)14-19(18)25-20(27)11-6-15-4-8-17(9-5-15)29-13-12-24/h4-11,14H,13H2,1-3H3,(H,25,27)(H,26,28)/b11-6+. The lowest BCUT2D eigenvalue weighted by Gasteiger charge is -2.20. The van der Waals surface area contributed by atoms with E-state index >= 15 is 0 Å². The summed E-state index contributed by atoms with van der Waals surface area (Å²) in [6, 6.07) is 12.2. The van der Waals surface area contributed by atoms with E-state index < -0.39 is 23.4 Å². The van der Waals surface area contributed by atoms with Gasteiger partial charge in [-0.3, -0.25) is 10.1 Å². The first-order valence-electron chi connectivity index (χ1n) is 9.05. The molecule has 2 aromatic rings. The van der Waals surface area contributed by atoms with Crippen molar-refractivity contribution in [3.63, 3.8) is 0 Å². The fourth-order valence-corrected chi connectivity index (χ4v) is 2.28. The second-order valence-electron chi connectivity index (χ2n) is 7.16. The van der Waals surface area contributed by atoms with Gasteiger partial charge in [-0.05, 0) is 62.7 Å². The van der Waals surface area contributed by atoms with Gasteiger partial charge >= 0.3 is 6.09 Å². The predicted molar refractivity (Wildman–Crippen MR) is 111 cm³/mol. The van der Waals surface area contributed by atoms with Gasteiger partial charge in [-0.1, -0.05) is 12.1 Å². The Bertz CT molecular complexity index is 973. The molecule has 0 fully saturated rings. The molecular weight excluding hydrogens is 389 g/mol. The third-order valence-corrected chi connectivity index (χ3v) is 3.49. The van der Waals surface area contributed by atoms with E-state index in [0.717, 1.165) is 17.7 Å². The fourth-order valence-electron chi connectivity index (χ4n) is 2.28. The Hall–Kier alpha value is -3.86. The highest BCUT2D eigenvalue weighted by molar-refractivity contribution is 6.05. The van der Waals surface area contributed by atoms with Crippen LogP contribution in [0.4, 0.5) is 20.6 Å². The van der Waals surface area contributed by atoms with Crippen LogP contribution in [0, 0.1) is 17.1 Å². The zero-order chi connectivity index (χ0) is 22.1. The summed E-state index contributed by atoms with van der Waals surface area (Å²) in [7, 11) is 0. The first-order chi connectivity index (χ1) is 14.2. The highest BCUT2D eigenvalue weighted by Crippen LogP contribution is 2.24. The van der Waals surface area contributed by atoms with Crippen molar-refractivity contribution in [2.24, 2.45) is 0 Å². The molecule has 2 aromatic carbocycles. The number of anilines is 2. The highest BCUT2D eigenvalue weighted by Gasteiger charge is 2.17. The summed E-state index contributed by atoms with van der Waals surface area (Å²) < 4.78 is 24.0. The monoisotopic (exact) mass is 411 g/mol. The highest BCUT2D eigenvalue weighted by atomic mass is 19.1. The molecular formula is C22H22FN3O4. The fraction of sp³-hybridized carbons (Fsp3) is 0.227. The normalized spacial score (nSPS) is 10.9. The van der Waals surface area contributed by atoms with E-state index in [-0.39, 0.29) is 18.0 Å². The molecule has 0 saturated carbocycles. The van der Waals surface area contributed by atoms with Gasteiger partial charge in [0.25, 0.3) is 0 Å². The molecule has 156 valence electrons. The number of hydrogen-bond acceptors (Lipinski definition) is 5. The number of nitrogens with zero attached hydrogens (tertiary/aromatic N) is 1. The maximum atomic E-state index is 13.6. The number of amides is 2. The average molecular weight is 411 g/mol. The molecule has 2 N–H and O–H groups in total. The molecule has 0 aliphatic heterocycles. The summed E-state index contributed by atoms with van der Waals surface area (Å²) in [6.07, 6.45) is 2.11. The second kappa shape index (κ2) is 10.1. The van der Waals surface area contributed by atoms with Crippen LogP contribution in [0.25, 0.3) is 6.08 Å². The molecule has 0 aliphatic rings. The number of hydrogen-bond donors (Lipinski definition) is 2. The van der Waals surface area contributed by atoms with E-state index in [9.17, 15) is 14.0 Å². The molecule has 0 aromatic heterocycles. The number of carbonyl (C=O) groups is 2. The maximum absolute atomic E-state index is 13.6. The Kier molecular flexibility index (Phi) is 7.53. The molecule has 0 bridgehead atoms. The summed E-state index contributed by atoms with van der Waals surface area (Å²) in [5.74, 6) is -0.551. The first kappa shape index (κ1) is 22.4. The minimum Gasteiger partial charge on any atom is -0.479 e. The summed E-state index contributed by atoms with van der Waals surface area (Å²) in [4.78, 5) is 24.2. The molecule has 0 spiro atoms. The van der Waals surface area contributed by atoms with E-state index in [2.05, 4.69) is 10.6 Å². The summed E-state index contributed by atoms with van der Waals surface area (Å²) in [5, 5.41) is 13.5. The van der Waals surface area contributed by atoms with Crippen molar-refractivity contribution in [2.75, 3.05) is 17.2 Å².